The van der Waals surface area contributed by atoms with E-state index in [4.69, 9.17) is 5.26 Å². The summed E-state index contributed by atoms with van der Waals surface area (Å²) in [4.78, 5) is 0. The molecule has 1 atom stereocenters. The SMILES string of the molecule is CC1(C)C=CC1C#N. The van der Waals surface area contributed by atoms with E-state index in [1.54, 1.807) is 0 Å². The third-order valence-electron chi connectivity index (χ3n) is 1.66. The quantitative estimate of drug-likeness (QED) is 0.432. The van der Waals surface area contributed by atoms with Crippen molar-refractivity contribution in [3.63, 3.8) is 0 Å². The maximum Gasteiger partial charge on any atom is 0.0729 e. The van der Waals surface area contributed by atoms with Crippen LogP contribution in [0.25, 0.3) is 0 Å². The van der Waals surface area contributed by atoms with Gasteiger partial charge in [0, 0.05) is 5.41 Å². The van der Waals surface area contributed by atoms with Crippen LogP contribution < -0.4 is 0 Å². The lowest BCUT2D eigenvalue weighted by atomic mass is 9.71. The van der Waals surface area contributed by atoms with E-state index in [0.717, 1.165) is 0 Å². The molecule has 0 heterocycles. The summed E-state index contributed by atoms with van der Waals surface area (Å²) in [6.07, 6.45) is 4.01. The minimum atomic E-state index is 0.148. The van der Waals surface area contributed by atoms with E-state index in [2.05, 4.69) is 26.0 Å². The van der Waals surface area contributed by atoms with Crippen molar-refractivity contribution < 1.29 is 0 Å². The van der Waals surface area contributed by atoms with Gasteiger partial charge in [0.25, 0.3) is 0 Å². The van der Waals surface area contributed by atoms with Crippen LogP contribution >= 0.6 is 0 Å². The van der Waals surface area contributed by atoms with Crippen LogP contribution in [0.1, 0.15) is 13.8 Å². The normalized spacial score (nSPS) is 30.9. The third kappa shape index (κ3) is 0.535. The Morgan fingerprint density at radius 2 is 2.25 bits per heavy atom. The molecule has 8 heavy (non-hydrogen) atoms. The second-order valence-electron chi connectivity index (χ2n) is 2.79. The molecule has 0 aromatic rings. The first-order valence-electron chi connectivity index (χ1n) is 2.76. The first-order valence-corrected chi connectivity index (χ1v) is 2.76. The van der Waals surface area contributed by atoms with E-state index in [0.29, 0.717) is 0 Å². The predicted molar refractivity (Wildman–Crippen MR) is 32.0 cm³/mol. The highest BCUT2D eigenvalue weighted by Crippen LogP contribution is 2.37. The molecule has 1 rings (SSSR count). The average Bonchev–Trinajstić information content (AvgIpc) is 1.66. The van der Waals surface area contributed by atoms with Crippen LogP contribution in [0.5, 0.6) is 0 Å². The molecule has 1 aliphatic carbocycles. The molecule has 1 unspecified atom stereocenters. The van der Waals surface area contributed by atoms with Gasteiger partial charge in [-0.25, -0.2) is 0 Å². The van der Waals surface area contributed by atoms with E-state index in [1.807, 2.05) is 6.08 Å². The molecule has 0 aromatic carbocycles. The number of allylic oxidation sites excluding steroid dienone is 2. The van der Waals surface area contributed by atoms with Crippen LogP contribution in [0.3, 0.4) is 0 Å². The molecule has 0 aliphatic heterocycles. The second kappa shape index (κ2) is 1.35. The fourth-order valence-electron chi connectivity index (χ4n) is 0.787. The Morgan fingerprint density at radius 3 is 2.25 bits per heavy atom. The van der Waals surface area contributed by atoms with Gasteiger partial charge >= 0.3 is 0 Å². The molecule has 0 amide bonds. The second-order valence-corrected chi connectivity index (χ2v) is 2.79. The van der Waals surface area contributed by atoms with Crippen LogP contribution in [0.2, 0.25) is 0 Å². The molecular weight excluding hydrogens is 98.1 g/mol. The van der Waals surface area contributed by atoms with Crippen LogP contribution in [-0.4, -0.2) is 0 Å². The van der Waals surface area contributed by atoms with Gasteiger partial charge < -0.3 is 0 Å². The van der Waals surface area contributed by atoms with Gasteiger partial charge in [-0.3, -0.25) is 0 Å². The minimum absolute atomic E-state index is 0.148. The summed E-state index contributed by atoms with van der Waals surface area (Å²) in [5.74, 6) is 0.155. The molecular formula is C7H9N. The molecule has 0 saturated carbocycles. The van der Waals surface area contributed by atoms with Crippen molar-refractivity contribution in [1.82, 2.24) is 0 Å². The summed E-state index contributed by atoms with van der Waals surface area (Å²) in [7, 11) is 0. The van der Waals surface area contributed by atoms with E-state index < -0.39 is 0 Å². The first kappa shape index (κ1) is 5.37. The number of hydrogen-bond acceptors (Lipinski definition) is 1. The minimum Gasteiger partial charge on any atom is -0.198 e. The highest BCUT2D eigenvalue weighted by atomic mass is 14.4. The summed E-state index contributed by atoms with van der Waals surface area (Å²) in [5.41, 5.74) is 0.148. The van der Waals surface area contributed by atoms with Gasteiger partial charge in [0.2, 0.25) is 0 Å². The molecule has 0 aromatic heterocycles. The molecule has 0 saturated heterocycles. The summed E-state index contributed by atoms with van der Waals surface area (Å²) >= 11 is 0. The molecule has 0 fully saturated rings. The lowest BCUT2D eigenvalue weighted by Crippen LogP contribution is -2.25. The van der Waals surface area contributed by atoms with Crippen molar-refractivity contribution in [1.29, 1.82) is 5.26 Å². The van der Waals surface area contributed by atoms with Gasteiger partial charge in [-0.15, -0.1) is 0 Å². The first-order chi connectivity index (χ1) is 3.67. The number of rotatable bonds is 0. The van der Waals surface area contributed by atoms with Crippen LogP contribution in [0.4, 0.5) is 0 Å². The Kier molecular flexibility index (Phi) is 0.907. The Labute approximate surface area is 49.6 Å². The van der Waals surface area contributed by atoms with Crippen molar-refractivity contribution >= 4 is 0 Å². The van der Waals surface area contributed by atoms with E-state index >= 15 is 0 Å². The Hall–Kier alpha value is -0.770. The number of hydrogen-bond donors (Lipinski definition) is 0. The molecule has 1 heteroatoms. The van der Waals surface area contributed by atoms with E-state index in [-0.39, 0.29) is 11.3 Å². The zero-order chi connectivity index (χ0) is 6.20. The monoisotopic (exact) mass is 107 g/mol. The van der Waals surface area contributed by atoms with E-state index in [1.165, 1.54) is 0 Å². The largest absolute Gasteiger partial charge is 0.198 e. The summed E-state index contributed by atoms with van der Waals surface area (Å²) in [5, 5.41) is 8.42. The topological polar surface area (TPSA) is 23.8 Å². The van der Waals surface area contributed by atoms with Gasteiger partial charge in [-0.05, 0) is 0 Å². The zero-order valence-electron chi connectivity index (χ0n) is 5.18. The van der Waals surface area contributed by atoms with Crippen molar-refractivity contribution in [3.8, 4) is 6.07 Å². The highest BCUT2D eigenvalue weighted by Gasteiger charge is 2.31. The Morgan fingerprint density at radius 1 is 1.62 bits per heavy atom. The summed E-state index contributed by atoms with van der Waals surface area (Å²) in [6.45, 7) is 4.14. The zero-order valence-corrected chi connectivity index (χ0v) is 5.18. The third-order valence-corrected chi connectivity index (χ3v) is 1.66. The molecule has 0 bridgehead atoms. The van der Waals surface area contributed by atoms with Crippen molar-refractivity contribution in [2.45, 2.75) is 13.8 Å². The Bertz CT molecular complexity index is 160. The maximum absolute atomic E-state index is 8.42. The van der Waals surface area contributed by atoms with E-state index in [9.17, 15) is 0 Å². The fraction of sp³-hybridized carbons (Fsp3) is 0.571. The van der Waals surface area contributed by atoms with Crippen molar-refractivity contribution in [2.24, 2.45) is 11.3 Å². The van der Waals surface area contributed by atoms with Gasteiger partial charge in [0.15, 0.2) is 0 Å². The van der Waals surface area contributed by atoms with Gasteiger partial charge in [-0.2, -0.15) is 5.26 Å². The molecule has 1 aliphatic rings. The lowest BCUT2D eigenvalue weighted by Gasteiger charge is -2.31. The molecule has 0 N–H and O–H groups in total. The number of nitrogens with zero attached hydrogens (tertiary/aromatic N) is 1. The van der Waals surface area contributed by atoms with Crippen LogP contribution in [0.15, 0.2) is 12.2 Å². The lowest BCUT2D eigenvalue weighted by molar-refractivity contribution is 0.362. The molecule has 1 nitrogen and oxygen atoms in total. The predicted octanol–water partition coefficient (Wildman–Crippen LogP) is 1.72. The van der Waals surface area contributed by atoms with Crippen LogP contribution in [-0.2, 0) is 0 Å². The summed E-state index contributed by atoms with van der Waals surface area (Å²) < 4.78 is 0. The van der Waals surface area contributed by atoms with Crippen LogP contribution in [0, 0.1) is 22.7 Å². The van der Waals surface area contributed by atoms with Gasteiger partial charge in [0.1, 0.15) is 0 Å². The Balaban J connectivity index is 2.71. The summed E-state index contributed by atoms with van der Waals surface area (Å²) in [6, 6.07) is 2.20. The molecule has 0 spiro atoms. The smallest absolute Gasteiger partial charge is 0.0729 e. The molecule has 0 radical (unpaired) electrons. The number of nitriles is 1. The van der Waals surface area contributed by atoms with Crippen molar-refractivity contribution in [3.05, 3.63) is 12.2 Å². The molecule has 42 valence electrons. The van der Waals surface area contributed by atoms with Gasteiger partial charge in [-0.1, -0.05) is 26.0 Å². The maximum atomic E-state index is 8.42. The fourth-order valence-corrected chi connectivity index (χ4v) is 0.787. The van der Waals surface area contributed by atoms with Crippen molar-refractivity contribution in [2.75, 3.05) is 0 Å². The van der Waals surface area contributed by atoms with Gasteiger partial charge in [0.05, 0.1) is 12.0 Å². The highest BCUT2D eigenvalue weighted by molar-refractivity contribution is 5.22. The standard InChI is InChI=1S/C7H9N/c1-7(2)4-3-6(7)5-8/h3-4,6H,1-2H3. The average molecular weight is 107 g/mol.